The Morgan fingerprint density at radius 2 is 0.982 bits per heavy atom. The molecule has 5 aliphatic heterocycles. The largest absolute Gasteiger partial charge is 0.482 e. The van der Waals surface area contributed by atoms with Crippen LogP contribution in [0.4, 0.5) is 32.8 Å². The van der Waals surface area contributed by atoms with Crippen LogP contribution in [0.3, 0.4) is 0 Å². The summed E-state index contributed by atoms with van der Waals surface area (Å²) in [5.41, 5.74) is 10.6. The third kappa shape index (κ3) is 13.1. The molecule has 6 fully saturated rings. The average molecular weight is 1510 g/mol. The number of para-hydroxylation sites is 5. The monoisotopic (exact) mass is 1510 g/mol. The molecular formula is C74H72FN21O13S. The van der Waals surface area contributed by atoms with Crippen molar-refractivity contribution in [3.8, 4) is 68.6 Å². The van der Waals surface area contributed by atoms with Gasteiger partial charge in [-0.3, -0.25) is 39.9 Å². The van der Waals surface area contributed by atoms with Crippen molar-refractivity contribution >= 4 is 57.5 Å². The number of halogens is 1. The van der Waals surface area contributed by atoms with E-state index >= 15 is 4.39 Å². The van der Waals surface area contributed by atoms with Gasteiger partial charge in [0.1, 0.15) is 38.8 Å². The number of nitrogens with two attached hydrogens (primary N) is 1. The number of amides is 2. The minimum absolute atomic E-state index is 0.00942. The number of rotatable bonds is 7. The van der Waals surface area contributed by atoms with Crippen molar-refractivity contribution in [1.82, 2.24) is 80.8 Å². The minimum atomic E-state index is -0.585. The average Bonchev–Trinajstić information content (AvgIpc) is 1.43. The molecule has 6 aromatic carbocycles. The molecule has 0 bridgehead atoms. The number of aromatic nitrogens is 14. The van der Waals surface area contributed by atoms with E-state index in [2.05, 4.69) is 67.5 Å². The predicted octanol–water partition coefficient (Wildman–Crippen LogP) is 11.0. The molecule has 0 radical (unpaired) electrons. The maximum atomic E-state index is 15.0. The van der Waals surface area contributed by atoms with E-state index in [0.717, 1.165) is 137 Å². The number of nitro benzene ring substituents is 3. The predicted molar refractivity (Wildman–Crippen MR) is 393 cm³/mol. The van der Waals surface area contributed by atoms with Crippen molar-refractivity contribution in [2.24, 2.45) is 0 Å². The molecule has 34 nitrogen and oxygen atoms in total. The summed E-state index contributed by atoms with van der Waals surface area (Å²) in [4.78, 5) is 62.2. The van der Waals surface area contributed by atoms with Gasteiger partial charge in [0, 0.05) is 30.3 Å². The van der Waals surface area contributed by atoms with Crippen LogP contribution in [0.2, 0.25) is 0 Å². The highest BCUT2D eigenvalue weighted by molar-refractivity contribution is 7.80. The van der Waals surface area contributed by atoms with Gasteiger partial charge in [0.25, 0.3) is 11.8 Å². The molecule has 11 aliphatic rings. The van der Waals surface area contributed by atoms with Crippen LogP contribution in [0.1, 0.15) is 153 Å². The lowest BCUT2D eigenvalue weighted by molar-refractivity contribution is -0.386. The van der Waals surface area contributed by atoms with Crippen LogP contribution in [0.5, 0.6) is 28.7 Å². The van der Waals surface area contributed by atoms with Gasteiger partial charge in [0.05, 0.1) is 110 Å². The number of carbonyl (C=O) groups is 2. The lowest BCUT2D eigenvalue weighted by Gasteiger charge is -2.41. The Kier molecular flexibility index (Phi) is 17.7. The first-order valence-corrected chi connectivity index (χ1v) is 36.9. The summed E-state index contributed by atoms with van der Waals surface area (Å²) < 4.78 is 52.7. The van der Waals surface area contributed by atoms with E-state index < -0.39 is 43.3 Å². The van der Waals surface area contributed by atoms with Crippen LogP contribution in [0, 0.1) is 43.1 Å². The Morgan fingerprint density at radius 3 is 1.47 bits per heavy atom. The molecule has 0 atom stereocenters. The maximum absolute atomic E-state index is 15.0. The zero-order valence-electron chi connectivity index (χ0n) is 59.4. The number of imidazole rings is 1. The molecule has 36 heteroatoms. The first-order chi connectivity index (χ1) is 53.2. The molecule has 110 heavy (non-hydrogen) atoms. The van der Waals surface area contributed by atoms with Gasteiger partial charge in [-0.1, -0.05) is 42.5 Å². The number of benzene rings is 6. The molecular weight excluding hydrogens is 1440 g/mol. The quantitative estimate of drug-likeness (QED) is 0.0498. The molecule has 0 unspecified atom stereocenters. The Morgan fingerprint density at radius 1 is 0.564 bits per heavy atom. The molecule has 6 aliphatic carbocycles. The van der Waals surface area contributed by atoms with Crippen molar-refractivity contribution in [3.05, 3.63) is 180 Å². The number of hydrogen-bond donors (Lipinski definition) is 4. The highest BCUT2D eigenvalue weighted by Crippen LogP contribution is 2.52. The normalized spacial score (nSPS) is 18.8. The van der Waals surface area contributed by atoms with Crippen LogP contribution >= 0.6 is 12.2 Å². The van der Waals surface area contributed by atoms with Gasteiger partial charge in [-0.15, -0.1) is 15.3 Å². The molecule has 6 saturated carbocycles. The van der Waals surface area contributed by atoms with Crippen LogP contribution in [-0.4, -0.2) is 143 Å². The van der Waals surface area contributed by atoms with Crippen LogP contribution in [0.25, 0.3) is 39.9 Å². The fourth-order valence-corrected chi connectivity index (χ4v) is 15.7. The van der Waals surface area contributed by atoms with E-state index in [-0.39, 0.29) is 56.8 Å². The Labute approximate surface area is 630 Å². The minimum Gasteiger partial charge on any atom is -0.482 e. The second-order valence-corrected chi connectivity index (χ2v) is 30.1. The summed E-state index contributed by atoms with van der Waals surface area (Å²) in [5, 5.41) is 77.8. The molecule has 5 N–H and O–H groups in total. The van der Waals surface area contributed by atoms with Gasteiger partial charge in [-0.2, -0.15) is 0 Å². The van der Waals surface area contributed by atoms with E-state index in [1.54, 1.807) is 64.2 Å². The fourth-order valence-electron chi connectivity index (χ4n) is 15.4. The third-order valence-corrected chi connectivity index (χ3v) is 22.8. The summed E-state index contributed by atoms with van der Waals surface area (Å²) in [6.07, 6.45) is 20.3. The highest BCUT2D eigenvalue weighted by atomic mass is 32.1. The second-order valence-electron chi connectivity index (χ2n) is 29.7. The number of anilines is 2. The van der Waals surface area contributed by atoms with Crippen molar-refractivity contribution in [2.75, 3.05) is 24.1 Å². The number of nitrogen functional groups attached to an aromatic ring is 1. The first kappa shape index (κ1) is 70.5. The van der Waals surface area contributed by atoms with Gasteiger partial charge in [0.2, 0.25) is 17.2 Å². The number of tetrazole rings is 3. The summed E-state index contributed by atoms with van der Waals surface area (Å²) in [6.45, 7) is 4.63. The van der Waals surface area contributed by atoms with E-state index in [4.69, 9.17) is 41.6 Å². The van der Waals surface area contributed by atoms with Crippen molar-refractivity contribution in [1.29, 1.82) is 0 Å². The van der Waals surface area contributed by atoms with Gasteiger partial charge in [0.15, 0.2) is 29.0 Å². The number of nitro groups is 3. The smallest absolute Gasteiger partial charge is 0.311 e. The topological polar surface area (TPSA) is 420 Å². The van der Waals surface area contributed by atoms with Crippen molar-refractivity contribution < 1.29 is 52.4 Å². The number of thiocarbonyl (C=S) groups is 1. The van der Waals surface area contributed by atoms with E-state index in [1.165, 1.54) is 36.8 Å². The van der Waals surface area contributed by atoms with Crippen LogP contribution < -0.4 is 45.4 Å². The Bertz CT molecular complexity index is 5290. The second kappa shape index (κ2) is 27.6. The molecule has 2 amide bonds. The molecule has 564 valence electrons. The lowest BCUT2D eigenvalue weighted by atomic mass is 9.80. The molecule has 9 heterocycles. The zero-order valence-corrected chi connectivity index (χ0v) is 60.2. The molecule has 5 spiro atoms. The lowest BCUT2D eigenvalue weighted by Crippen LogP contribution is -2.50. The van der Waals surface area contributed by atoms with Gasteiger partial charge in [-0.25, -0.2) is 23.4 Å². The molecule has 4 aromatic heterocycles. The number of hydrogen-bond acceptors (Lipinski definition) is 25. The van der Waals surface area contributed by atoms with E-state index in [9.17, 15) is 39.9 Å². The summed E-state index contributed by atoms with van der Waals surface area (Å²) in [6, 6.07) is 28.2. The molecule has 10 aromatic rings. The Balaban J connectivity index is 0.000000104. The van der Waals surface area contributed by atoms with Gasteiger partial charge < -0.3 is 49.9 Å². The first-order valence-electron chi connectivity index (χ1n) is 36.5. The van der Waals surface area contributed by atoms with Gasteiger partial charge in [-0.05, 0) is 208 Å². The highest BCUT2D eigenvalue weighted by Gasteiger charge is 2.50. The van der Waals surface area contributed by atoms with Gasteiger partial charge >= 0.3 is 17.1 Å². The number of aryl methyl sites for hydroxylation is 1. The SMILES string of the molecule is Cc1cc(F)c(C(=O)Nc2cccc3c2OC2(CCC2)Cn2nnnc2-3)cc1-n1cnc(C2CC2)c1.Nc1cccc2c1OC1(CCC1)Cn1nnnc1-2.O=C1NCC2(CCC2)Oc2c1cccc2[N+](=O)[O-].O=[N+]([O-])c1cccc2c1OC1(CCC1)CNC2=S.O=[N+]([O-])c1cccc2c1OC1(CCC1)Cn1nnnc1-2. The molecule has 0 saturated heterocycles. The zero-order chi connectivity index (χ0) is 75.8. The number of ether oxygens (including phenoxy) is 5. The molecule has 21 rings (SSSR count). The summed E-state index contributed by atoms with van der Waals surface area (Å²) >= 11 is 5.25. The summed E-state index contributed by atoms with van der Waals surface area (Å²) in [5.74, 6) is 2.84. The summed E-state index contributed by atoms with van der Waals surface area (Å²) in [7, 11) is 0. The fraction of sp³-hybridized carbons (Fsp3) is 0.392. The standard InChI is InChI=1S/C26H24FN7O2.C12H11N5O3.C12H13N5O.C12H12N2O4.C12H12N2O3S/c1-15-10-19(27)18(11-22(15)33-12-21(28-14-33)16-6-7-16)25(35)29-20-5-2-4-17-23(20)36-26(8-3-9-26)13-34-24(17)30-31-32-34;18-17(19)9-4-1-3-8-10(9)20-12(5-2-6-12)7-16-11(8)13-14-15-16;13-9-4-1-3-8-10(9)18-12(5-2-6-12)7-17-11(8)14-15-16-17;15-11-8-3-1-4-9(14(16)17)10(8)18-12(7-13-11)5-2-6-12;15-14(16)9-4-1-3-8-10(9)17-12(5-2-6-12)7-13-11(8)18/h2,4-5,10-12,14,16H,3,6-9,13H2,1H3,(H,29,35);1,3-4H,2,5-7H2;1,3-4H,2,5-7,13H2;1,3-4H,2,5-7H2,(H,13,15);1,3-4H,2,5-7H2,(H,13,18). The number of fused-ring (bicyclic) bond motifs is 11. The number of carbonyl (C=O) groups excluding carboxylic acids is 2. The number of nitrogens with one attached hydrogen (secondary N) is 3. The maximum Gasteiger partial charge on any atom is 0.311 e. The van der Waals surface area contributed by atoms with Crippen LogP contribution in [0.15, 0.2) is 116 Å². The van der Waals surface area contributed by atoms with Crippen LogP contribution in [-0.2, 0) is 19.6 Å². The van der Waals surface area contributed by atoms with E-state index in [1.807, 2.05) is 46.6 Å². The Hall–Kier alpha value is -12.5. The van der Waals surface area contributed by atoms with Crippen molar-refractivity contribution in [2.45, 2.75) is 170 Å². The third-order valence-electron chi connectivity index (χ3n) is 22.5. The number of nitrogens with zero attached hydrogens (tertiary/aromatic N) is 17. The van der Waals surface area contributed by atoms with E-state index in [0.29, 0.717) is 94.8 Å². The van der Waals surface area contributed by atoms with Crippen molar-refractivity contribution in [3.63, 3.8) is 0 Å².